The summed E-state index contributed by atoms with van der Waals surface area (Å²) in [6.45, 7) is 2.06. The average molecular weight is 311 g/mol. The quantitative estimate of drug-likeness (QED) is 0.833. The molecule has 5 heteroatoms. The number of aromatic nitrogens is 1. The van der Waals surface area contributed by atoms with Crippen molar-refractivity contribution >= 4 is 15.9 Å². The maximum atomic E-state index is 5.69. The van der Waals surface area contributed by atoms with Gasteiger partial charge in [0.15, 0.2) is 5.76 Å². The van der Waals surface area contributed by atoms with Crippen molar-refractivity contribution in [2.45, 2.75) is 6.54 Å². The predicted molar refractivity (Wildman–Crippen MR) is 73.2 cm³/mol. The molecule has 18 heavy (non-hydrogen) atoms. The molecule has 0 aliphatic heterocycles. The van der Waals surface area contributed by atoms with Gasteiger partial charge in [-0.1, -0.05) is 34.1 Å². The fourth-order valence-electron chi connectivity index (χ4n) is 1.55. The number of hydrogen-bond donors (Lipinski definition) is 1. The number of rotatable bonds is 6. The Morgan fingerprint density at radius 3 is 3.00 bits per heavy atom. The number of nitrogens with zero attached hydrogens (tertiary/aromatic N) is 1. The van der Waals surface area contributed by atoms with Gasteiger partial charge in [0, 0.05) is 23.7 Å². The molecule has 4 nitrogen and oxygen atoms in total. The second-order valence-corrected chi connectivity index (χ2v) is 4.62. The average Bonchev–Trinajstić information content (AvgIpc) is 2.84. The molecule has 0 bridgehead atoms. The van der Waals surface area contributed by atoms with E-state index in [4.69, 9.17) is 9.15 Å². The van der Waals surface area contributed by atoms with E-state index in [1.54, 1.807) is 13.3 Å². The number of nitrogens with one attached hydrogen (secondary N) is 1. The molecule has 1 aromatic heterocycles. The largest absolute Gasteiger partial charge is 0.439 e. The van der Waals surface area contributed by atoms with E-state index >= 15 is 0 Å². The molecule has 2 aromatic rings. The molecule has 96 valence electrons. The molecule has 0 radical (unpaired) electrons. The van der Waals surface area contributed by atoms with E-state index in [9.17, 15) is 0 Å². The minimum atomic E-state index is 0.605. The van der Waals surface area contributed by atoms with Gasteiger partial charge in [0.1, 0.15) is 0 Å². The summed E-state index contributed by atoms with van der Waals surface area (Å²) in [4.78, 5) is 4.24. The van der Waals surface area contributed by atoms with Gasteiger partial charge in [-0.15, -0.1) is 0 Å². The first-order valence-electron chi connectivity index (χ1n) is 5.70. The summed E-state index contributed by atoms with van der Waals surface area (Å²) in [6.07, 6.45) is 1.74. The molecule has 0 fully saturated rings. The van der Waals surface area contributed by atoms with Gasteiger partial charge in [0.2, 0.25) is 5.89 Å². The molecular formula is C13H15BrN2O2. The Hall–Kier alpha value is -1.17. The van der Waals surface area contributed by atoms with E-state index in [0.29, 0.717) is 19.0 Å². The first-order valence-corrected chi connectivity index (χ1v) is 6.50. The van der Waals surface area contributed by atoms with Crippen LogP contribution in [0.1, 0.15) is 5.89 Å². The highest BCUT2D eigenvalue weighted by Gasteiger charge is 2.08. The van der Waals surface area contributed by atoms with Crippen LogP contribution < -0.4 is 5.32 Å². The lowest BCUT2D eigenvalue weighted by atomic mass is 10.2. The summed E-state index contributed by atoms with van der Waals surface area (Å²) in [6, 6.07) is 7.91. The zero-order chi connectivity index (χ0) is 12.8. The van der Waals surface area contributed by atoms with Gasteiger partial charge in [-0.3, -0.25) is 0 Å². The second-order valence-electron chi connectivity index (χ2n) is 3.77. The van der Waals surface area contributed by atoms with E-state index in [1.165, 1.54) is 0 Å². The lowest BCUT2D eigenvalue weighted by Gasteiger charge is -2.01. The van der Waals surface area contributed by atoms with Crippen molar-refractivity contribution in [3.63, 3.8) is 0 Å². The van der Waals surface area contributed by atoms with E-state index in [2.05, 4.69) is 26.2 Å². The summed E-state index contributed by atoms with van der Waals surface area (Å²) in [5.41, 5.74) is 1.01. The fraction of sp³-hybridized carbons (Fsp3) is 0.308. The predicted octanol–water partition coefficient (Wildman–Crippen LogP) is 2.84. The third kappa shape index (κ3) is 3.41. The molecular weight excluding hydrogens is 296 g/mol. The molecule has 0 spiro atoms. The van der Waals surface area contributed by atoms with Gasteiger partial charge in [-0.2, -0.15) is 0 Å². The molecule has 0 aliphatic rings. The molecule has 0 saturated heterocycles. The highest BCUT2D eigenvalue weighted by atomic mass is 79.9. The van der Waals surface area contributed by atoms with Crippen LogP contribution in [0.4, 0.5) is 0 Å². The number of hydrogen-bond acceptors (Lipinski definition) is 4. The molecule has 1 aromatic carbocycles. The minimum absolute atomic E-state index is 0.605. The van der Waals surface area contributed by atoms with Crippen LogP contribution in [0.2, 0.25) is 0 Å². The minimum Gasteiger partial charge on any atom is -0.439 e. The molecule has 2 rings (SSSR count). The second kappa shape index (κ2) is 6.68. The molecule has 1 N–H and O–H groups in total. The van der Waals surface area contributed by atoms with Crippen molar-refractivity contribution in [2.24, 2.45) is 0 Å². The Bertz CT molecular complexity index is 499. The summed E-state index contributed by atoms with van der Waals surface area (Å²) < 4.78 is 11.6. The fourth-order valence-corrected chi connectivity index (χ4v) is 2.03. The van der Waals surface area contributed by atoms with Gasteiger partial charge in [-0.25, -0.2) is 4.98 Å². The van der Waals surface area contributed by atoms with Crippen LogP contribution in [-0.4, -0.2) is 25.2 Å². The van der Waals surface area contributed by atoms with Crippen LogP contribution in [0.5, 0.6) is 0 Å². The molecule has 0 atom stereocenters. The molecule has 0 aliphatic carbocycles. The van der Waals surface area contributed by atoms with Crippen molar-refractivity contribution in [1.29, 1.82) is 0 Å². The number of halogens is 1. The maximum absolute atomic E-state index is 5.69. The topological polar surface area (TPSA) is 47.3 Å². The van der Waals surface area contributed by atoms with Crippen LogP contribution in [-0.2, 0) is 11.3 Å². The Kier molecular flexibility index (Phi) is 4.92. The van der Waals surface area contributed by atoms with Gasteiger partial charge < -0.3 is 14.5 Å². The third-order valence-electron chi connectivity index (χ3n) is 2.45. The summed E-state index contributed by atoms with van der Waals surface area (Å²) in [7, 11) is 1.68. The molecule has 0 unspecified atom stereocenters. The third-order valence-corrected chi connectivity index (χ3v) is 3.14. The highest BCUT2D eigenvalue weighted by molar-refractivity contribution is 9.10. The SMILES string of the molecule is COCCNCc1ncc(-c2ccccc2Br)o1. The lowest BCUT2D eigenvalue weighted by Crippen LogP contribution is -2.18. The van der Waals surface area contributed by atoms with Crippen molar-refractivity contribution in [1.82, 2.24) is 10.3 Å². The standard InChI is InChI=1S/C13H15BrN2O2/c1-17-7-6-15-9-13-16-8-12(18-13)10-4-2-3-5-11(10)14/h2-5,8,15H,6-7,9H2,1H3. The monoisotopic (exact) mass is 310 g/mol. The lowest BCUT2D eigenvalue weighted by molar-refractivity contribution is 0.198. The van der Waals surface area contributed by atoms with E-state index in [-0.39, 0.29) is 0 Å². The number of ether oxygens (including phenoxy) is 1. The number of oxazole rings is 1. The summed E-state index contributed by atoms with van der Waals surface area (Å²) in [5, 5.41) is 3.19. The first kappa shape index (κ1) is 13.3. The van der Waals surface area contributed by atoms with E-state index in [0.717, 1.165) is 22.3 Å². The normalized spacial score (nSPS) is 10.8. The number of benzene rings is 1. The van der Waals surface area contributed by atoms with E-state index in [1.807, 2.05) is 24.3 Å². The van der Waals surface area contributed by atoms with Crippen molar-refractivity contribution in [3.05, 3.63) is 40.8 Å². The molecule has 0 saturated carbocycles. The van der Waals surface area contributed by atoms with Gasteiger partial charge in [0.05, 0.1) is 19.3 Å². The smallest absolute Gasteiger partial charge is 0.208 e. The van der Waals surface area contributed by atoms with Crippen molar-refractivity contribution in [2.75, 3.05) is 20.3 Å². The molecule has 1 heterocycles. The highest BCUT2D eigenvalue weighted by Crippen LogP contribution is 2.28. The van der Waals surface area contributed by atoms with Crippen LogP contribution in [0, 0.1) is 0 Å². The molecule has 0 amide bonds. The Balaban J connectivity index is 2.00. The van der Waals surface area contributed by atoms with Gasteiger partial charge in [-0.05, 0) is 6.07 Å². The zero-order valence-corrected chi connectivity index (χ0v) is 11.7. The Labute approximate surface area is 114 Å². The zero-order valence-electron chi connectivity index (χ0n) is 10.1. The maximum Gasteiger partial charge on any atom is 0.208 e. The van der Waals surface area contributed by atoms with Crippen LogP contribution in [0.15, 0.2) is 39.4 Å². The van der Waals surface area contributed by atoms with E-state index < -0.39 is 0 Å². The van der Waals surface area contributed by atoms with Gasteiger partial charge >= 0.3 is 0 Å². The van der Waals surface area contributed by atoms with Gasteiger partial charge in [0.25, 0.3) is 0 Å². The van der Waals surface area contributed by atoms with Crippen LogP contribution in [0.25, 0.3) is 11.3 Å². The van der Waals surface area contributed by atoms with Crippen molar-refractivity contribution in [3.8, 4) is 11.3 Å². The Morgan fingerprint density at radius 1 is 1.39 bits per heavy atom. The van der Waals surface area contributed by atoms with Crippen molar-refractivity contribution < 1.29 is 9.15 Å². The summed E-state index contributed by atoms with van der Waals surface area (Å²) >= 11 is 3.50. The van der Waals surface area contributed by atoms with Crippen LogP contribution >= 0.6 is 15.9 Å². The summed E-state index contributed by atoms with van der Waals surface area (Å²) in [5.74, 6) is 1.45. The Morgan fingerprint density at radius 2 is 2.22 bits per heavy atom. The number of methoxy groups -OCH3 is 1. The first-order chi connectivity index (χ1) is 8.81. The van der Waals surface area contributed by atoms with Crippen LogP contribution in [0.3, 0.4) is 0 Å².